The number of halogens is 2. The molecule has 3 nitrogen and oxygen atoms in total. The molecule has 0 amide bonds. The lowest BCUT2D eigenvalue weighted by atomic mass is 10.1. The molecule has 0 aliphatic carbocycles. The number of benzene rings is 1. The normalized spacial score (nSPS) is 11.3. The molecule has 1 N–H and O–H groups in total. The molecule has 0 fully saturated rings. The Hall–Kier alpha value is -1.75. The zero-order chi connectivity index (χ0) is 14.0. The molecule has 102 valence electrons. The lowest BCUT2D eigenvalue weighted by Gasteiger charge is -2.08. The number of nitrogens with one attached hydrogen (secondary N) is 1. The Morgan fingerprint density at radius 1 is 1.21 bits per heavy atom. The van der Waals surface area contributed by atoms with Gasteiger partial charge < -0.3 is 5.32 Å². The SMILES string of the molecule is CC(C)NCc1cn(C)nc1-c1cc(F)cc(F)c1. The van der Waals surface area contributed by atoms with Gasteiger partial charge in [0.2, 0.25) is 0 Å². The standard InChI is InChI=1S/C14H17F2N3/c1-9(2)17-7-11-8-19(3)18-14(11)10-4-12(15)6-13(16)5-10/h4-6,8-9,17H,7H2,1-3H3. The summed E-state index contributed by atoms with van der Waals surface area (Å²) >= 11 is 0. The van der Waals surface area contributed by atoms with Gasteiger partial charge in [0.1, 0.15) is 11.6 Å². The van der Waals surface area contributed by atoms with Gasteiger partial charge in [0, 0.05) is 43.0 Å². The lowest BCUT2D eigenvalue weighted by molar-refractivity contribution is 0.583. The molecule has 5 heteroatoms. The largest absolute Gasteiger partial charge is 0.310 e. The van der Waals surface area contributed by atoms with E-state index >= 15 is 0 Å². The number of aromatic nitrogens is 2. The fraction of sp³-hybridized carbons (Fsp3) is 0.357. The predicted octanol–water partition coefficient (Wildman–Crippen LogP) is 2.86. The quantitative estimate of drug-likeness (QED) is 0.921. The van der Waals surface area contributed by atoms with E-state index in [9.17, 15) is 8.78 Å². The van der Waals surface area contributed by atoms with Crippen LogP contribution in [0.3, 0.4) is 0 Å². The van der Waals surface area contributed by atoms with Crippen molar-refractivity contribution in [3.8, 4) is 11.3 Å². The van der Waals surface area contributed by atoms with Crippen molar-refractivity contribution in [2.24, 2.45) is 7.05 Å². The van der Waals surface area contributed by atoms with Crippen LogP contribution in [-0.4, -0.2) is 15.8 Å². The van der Waals surface area contributed by atoms with Gasteiger partial charge in [0.05, 0.1) is 5.69 Å². The molecule has 0 saturated carbocycles. The van der Waals surface area contributed by atoms with Crippen molar-refractivity contribution in [3.05, 3.63) is 41.6 Å². The average molecular weight is 265 g/mol. The number of nitrogens with zero attached hydrogens (tertiary/aromatic N) is 2. The van der Waals surface area contributed by atoms with E-state index in [0.717, 1.165) is 11.6 Å². The van der Waals surface area contributed by atoms with Crippen LogP contribution >= 0.6 is 0 Å². The van der Waals surface area contributed by atoms with Crippen molar-refractivity contribution in [2.45, 2.75) is 26.4 Å². The first-order chi connectivity index (χ1) is 8.95. The highest BCUT2D eigenvalue weighted by Gasteiger charge is 2.12. The zero-order valence-electron chi connectivity index (χ0n) is 11.2. The Labute approximate surface area is 111 Å². The van der Waals surface area contributed by atoms with Crippen LogP contribution in [0.5, 0.6) is 0 Å². The summed E-state index contributed by atoms with van der Waals surface area (Å²) in [5.41, 5.74) is 1.98. The van der Waals surface area contributed by atoms with E-state index in [2.05, 4.69) is 10.4 Å². The molecule has 1 aromatic heterocycles. The molecule has 0 spiro atoms. The van der Waals surface area contributed by atoms with Crippen LogP contribution in [-0.2, 0) is 13.6 Å². The number of aryl methyl sites for hydroxylation is 1. The summed E-state index contributed by atoms with van der Waals surface area (Å²) in [7, 11) is 1.79. The van der Waals surface area contributed by atoms with Gasteiger partial charge in [-0.1, -0.05) is 13.8 Å². The Morgan fingerprint density at radius 2 is 1.84 bits per heavy atom. The summed E-state index contributed by atoms with van der Waals surface area (Å²) in [6, 6.07) is 3.78. The maximum Gasteiger partial charge on any atom is 0.126 e. The van der Waals surface area contributed by atoms with Gasteiger partial charge in [-0.3, -0.25) is 4.68 Å². The molecule has 2 rings (SSSR count). The third-order valence-corrected chi connectivity index (χ3v) is 2.74. The van der Waals surface area contributed by atoms with Crippen LogP contribution in [0.2, 0.25) is 0 Å². The molecule has 0 aliphatic rings. The first-order valence-corrected chi connectivity index (χ1v) is 6.18. The van der Waals surface area contributed by atoms with Crippen LogP contribution in [0.25, 0.3) is 11.3 Å². The van der Waals surface area contributed by atoms with Gasteiger partial charge in [-0.15, -0.1) is 0 Å². The number of hydrogen-bond donors (Lipinski definition) is 1. The monoisotopic (exact) mass is 265 g/mol. The fourth-order valence-corrected chi connectivity index (χ4v) is 1.91. The van der Waals surface area contributed by atoms with Crippen LogP contribution in [0.15, 0.2) is 24.4 Å². The second-order valence-electron chi connectivity index (χ2n) is 4.87. The Balaban J connectivity index is 2.37. The van der Waals surface area contributed by atoms with E-state index < -0.39 is 11.6 Å². The summed E-state index contributed by atoms with van der Waals surface area (Å²) in [5.74, 6) is -1.19. The van der Waals surface area contributed by atoms with Gasteiger partial charge in [-0.2, -0.15) is 5.10 Å². The summed E-state index contributed by atoms with van der Waals surface area (Å²) in [6.45, 7) is 4.69. The molecular formula is C14H17F2N3. The Morgan fingerprint density at radius 3 is 2.42 bits per heavy atom. The first-order valence-electron chi connectivity index (χ1n) is 6.18. The van der Waals surface area contributed by atoms with E-state index in [4.69, 9.17) is 0 Å². The van der Waals surface area contributed by atoms with Crippen molar-refractivity contribution in [2.75, 3.05) is 0 Å². The molecule has 0 atom stereocenters. The van der Waals surface area contributed by atoms with E-state index in [0.29, 0.717) is 23.8 Å². The molecule has 19 heavy (non-hydrogen) atoms. The van der Waals surface area contributed by atoms with Crippen LogP contribution in [0.1, 0.15) is 19.4 Å². The Bertz CT molecular complexity index is 556. The smallest absolute Gasteiger partial charge is 0.126 e. The minimum atomic E-state index is -0.594. The minimum Gasteiger partial charge on any atom is -0.310 e. The fourth-order valence-electron chi connectivity index (χ4n) is 1.91. The maximum atomic E-state index is 13.3. The highest BCUT2D eigenvalue weighted by molar-refractivity contribution is 5.62. The topological polar surface area (TPSA) is 29.9 Å². The molecule has 0 bridgehead atoms. The highest BCUT2D eigenvalue weighted by atomic mass is 19.1. The second kappa shape index (κ2) is 5.48. The predicted molar refractivity (Wildman–Crippen MR) is 70.5 cm³/mol. The van der Waals surface area contributed by atoms with E-state index in [1.54, 1.807) is 11.7 Å². The summed E-state index contributed by atoms with van der Waals surface area (Å²) < 4.78 is 28.2. The van der Waals surface area contributed by atoms with Crippen molar-refractivity contribution in [1.29, 1.82) is 0 Å². The minimum absolute atomic E-state index is 0.331. The molecule has 0 aliphatic heterocycles. The third kappa shape index (κ3) is 3.38. The van der Waals surface area contributed by atoms with Gasteiger partial charge in [-0.05, 0) is 12.1 Å². The van der Waals surface area contributed by atoms with Crippen LogP contribution < -0.4 is 5.32 Å². The summed E-state index contributed by atoms with van der Waals surface area (Å²) in [4.78, 5) is 0. The third-order valence-electron chi connectivity index (χ3n) is 2.74. The van der Waals surface area contributed by atoms with Crippen molar-refractivity contribution in [3.63, 3.8) is 0 Å². The zero-order valence-corrected chi connectivity index (χ0v) is 11.2. The van der Waals surface area contributed by atoms with Gasteiger partial charge >= 0.3 is 0 Å². The van der Waals surface area contributed by atoms with E-state index in [-0.39, 0.29) is 0 Å². The van der Waals surface area contributed by atoms with E-state index in [1.165, 1.54) is 12.1 Å². The maximum absolute atomic E-state index is 13.3. The molecule has 1 heterocycles. The lowest BCUT2D eigenvalue weighted by Crippen LogP contribution is -2.21. The van der Waals surface area contributed by atoms with Gasteiger partial charge in [0.25, 0.3) is 0 Å². The molecule has 0 radical (unpaired) electrons. The molecule has 0 unspecified atom stereocenters. The molecule has 1 aromatic carbocycles. The van der Waals surface area contributed by atoms with Crippen molar-refractivity contribution in [1.82, 2.24) is 15.1 Å². The van der Waals surface area contributed by atoms with Gasteiger partial charge in [-0.25, -0.2) is 8.78 Å². The molecule has 0 saturated heterocycles. The summed E-state index contributed by atoms with van der Waals surface area (Å²) in [5, 5.41) is 7.56. The average Bonchev–Trinajstić information content (AvgIpc) is 2.66. The van der Waals surface area contributed by atoms with Crippen LogP contribution in [0, 0.1) is 11.6 Å². The van der Waals surface area contributed by atoms with Crippen LogP contribution in [0.4, 0.5) is 8.78 Å². The van der Waals surface area contributed by atoms with E-state index in [1.807, 2.05) is 20.0 Å². The Kier molecular flexibility index (Phi) is 3.95. The first kappa shape index (κ1) is 13.7. The van der Waals surface area contributed by atoms with Gasteiger partial charge in [0.15, 0.2) is 0 Å². The van der Waals surface area contributed by atoms with Crippen molar-refractivity contribution >= 4 is 0 Å². The number of hydrogen-bond acceptors (Lipinski definition) is 2. The second-order valence-corrected chi connectivity index (χ2v) is 4.87. The summed E-state index contributed by atoms with van der Waals surface area (Å²) in [6.07, 6.45) is 1.85. The highest BCUT2D eigenvalue weighted by Crippen LogP contribution is 2.23. The number of rotatable bonds is 4. The van der Waals surface area contributed by atoms with Crippen molar-refractivity contribution < 1.29 is 8.78 Å². The molecule has 2 aromatic rings. The molecular weight excluding hydrogens is 248 g/mol.